The Kier molecular flexibility index (Phi) is 3.19. The van der Waals surface area contributed by atoms with Crippen molar-refractivity contribution in [1.29, 1.82) is 0 Å². The van der Waals surface area contributed by atoms with Gasteiger partial charge >= 0.3 is 5.97 Å². The highest BCUT2D eigenvalue weighted by Crippen LogP contribution is 2.22. The Morgan fingerprint density at radius 1 is 1.22 bits per heavy atom. The molecule has 4 nitrogen and oxygen atoms in total. The van der Waals surface area contributed by atoms with Gasteiger partial charge in [-0.05, 0) is 32.9 Å². The summed E-state index contributed by atoms with van der Waals surface area (Å²) < 4.78 is 5.03. The van der Waals surface area contributed by atoms with E-state index >= 15 is 0 Å². The third-order valence-corrected chi connectivity index (χ3v) is 2.90. The first-order valence-electron chi connectivity index (χ1n) is 5.85. The third kappa shape index (κ3) is 1.90. The molecule has 0 saturated heterocycles. The van der Waals surface area contributed by atoms with Gasteiger partial charge in [0.05, 0.1) is 17.6 Å². The summed E-state index contributed by atoms with van der Waals surface area (Å²) in [6.45, 7) is 5.74. The molecule has 1 N–H and O–H groups in total. The molecule has 0 unspecified atom stereocenters. The summed E-state index contributed by atoms with van der Waals surface area (Å²) in [6, 6.07) is 4.68. The zero-order valence-electron chi connectivity index (χ0n) is 10.7. The number of carbonyl (C=O) groups is 1. The molecule has 2 aromatic rings. The molecule has 0 saturated carbocycles. The van der Waals surface area contributed by atoms with Crippen molar-refractivity contribution >= 4 is 16.7 Å². The summed E-state index contributed by atoms with van der Waals surface area (Å²) in [4.78, 5) is 27.0. The molecule has 4 heteroatoms. The second kappa shape index (κ2) is 4.64. The van der Waals surface area contributed by atoms with Crippen molar-refractivity contribution in [2.45, 2.75) is 20.8 Å². The summed E-state index contributed by atoms with van der Waals surface area (Å²) in [5, 5.41) is 1.21. The SMILES string of the molecule is CCOC(=O)c1cccc(=O)c2c(C)[nH]c(C)c12. The molecule has 0 atom stereocenters. The van der Waals surface area contributed by atoms with Crippen molar-refractivity contribution in [1.82, 2.24) is 4.98 Å². The maximum atomic E-state index is 12.0. The Labute approximate surface area is 105 Å². The second-order valence-corrected chi connectivity index (χ2v) is 4.15. The molecule has 2 rings (SSSR count). The molecule has 0 aliphatic heterocycles. The first-order valence-corrected chi connectivity index (χ1v) is 5.85. The van der Waals surface area contributed by atoms with Crippen LogP contribution in [0.25, 0.3) is 10.8 Å². The first kappa shape index (κ1) is 12.4. The third-order valence-electron chi connectivity index (χ3n) is 2.90. The fraction of sp³-hybridized carbons (Fsp3) is 0.286. The van der Waals surface area contributed by atoms with Crippen molar-refractivity contribution < 1.29 is 9.53 Å². The standard InChI is InChI=1S/C14H15NO3/c1-4-18-14(17)10-6-5-7-11(16)13-9(3)15-8(2)12(10)13/h5-7,15H,4H2,1-3H3. The van der Waals surface area contributed by atoms with Crippen LogP contribution >= 0.6 is 0 Å². The number of hydrogen-bond acceptors (Lipinski definition) is 3. The molecule has 0 fully saturated rings. The number of aromatic amines is 1. The van der Waals surface area contributed by atoms with Crippen LogP contribution in [0.5, 0.6) is 0 Å². The van der Waals surface area contributed by atoms with E-state index < -0.39 is 5.97 Å². The number of aromatic nitrogens is 1. The van der Waals surface area contributed by atoms with Crippen LogP contribution in [0.2, 0.25) is 0 Å². The van der Waals surface area contributed by atoms with Crippen molar-refractivity contribution in [2.24, 2.45) is 0 Å². The monoisotopic (exact) mass is 245 g/mol. The van der Waals surface area contributed by atoms with Gasteiger partial charge in [0.25, 0.3) is 0 Å². The molecule has 0 radical (unpaired) electrons. The summed E-state index contributed by atoms with van der Waals surface area (Å²) in [6.07, 6.45) is 0. The minimum absolute atomic E-state index is 0.0950. The zero-order chi connectivity index (χ0) is 13.3. The van der Waals surface area contributed by atoms with Crippen molar-refractivity contribution in [3.05, 3.63) is 45.4 Å². The molecule has 0 aliphatic rings. The van der Waals surface area contributed by atoms with Gasteiger partial charge in [-0.3, -0.25) is 4.79 Å². The molecule has 0 bridgehead atoms. The number of fused-ring (bicyclic) bond motifs is 1. The first-order chi connectivity index (χ1) is 8.56. The molecular formula is C14H15NO3. The summed E-state index contributed by atoms with van der Waals surface area (Å²) in [5.74, 6) is -0.403. The normalized spacial score (nSPS) is 10.6. The van der Waals surface area contributed by atoms with Gasteiger partial charge in [0.15, 0.2) is 5.43 Å². The number of aryl methyl sites for hydroxylation is 2. The molecule has 0 aliphatic carbocycles. The van der Waals surface area contributed by atoms with Crippen molar-refractivity contribution in [3.8, 4) is 0 Å². The predicted molar refractivity (Wildman–Crippen MR) is 70.0 cm³/mol. The van der Waals surface area contributed by atoms with Crippen molar-refractivity contribution in [2.75, 3.05) is 6.61 Å². The Balaban J connectivity index is 2.88. The molecule has 18 heavy (non-hydrogen) atoms. The highest BCUT2D eigenvalue weighted by molar-refractivity contribution is 6.06. The van der Waals surface area contributed by atoms with E-state index in [1.54, 1.807) is 19.1 Å². The van der Waals surface area contributed by atoms with E-state index in [2.05, 4.69) is 4.98 Å². The van der Waals surface area contributed by atoms with E-state index in [-0.39, 0.29) is 5.43 Å². The summed E-state index contributed by atoms with van der Waals surface area (Å²) >= 11 is 0. The molecule has 0 spiro atoms. The molecule has 1 heterocycles. The van der Waals surface area contributed by atoms with E-state index in [4.69, 9.17) is 4.74 Å². The van der Waals surface area contributed by atoms with Gasteiger partial charge in [0.2, 0.25) is 0 Å². The largest absolute Gasteiger partial charge is 0.462 e. The van der Waals surface area contributed by atoms with E-state index in [1.165, 1.54) is 6.07 Å². The van der Waals surface area contributed by atoms with Gasteiger partial charge in [0.1, 0.15) is 0 Å². The number of ether oxygens (including phenoxy) is 1. The summed E-state index contributed by atoms with van der Waals surface area (Å²) in [5.41, 5.74) is 1.91. The highest BCUT2D eigenvalue weighted by atomic mass is 16.5. The lowest BCUT2D eigenvalue weighted by molar-refractivity contribution is 0.0528. The van der Waals surface area contributed by atoms with Crippen molar-refractivity contribution in [3.63, 3.8) is 0 Å². The average molecular weight is 245 g/mol. The van der Waals surface area contributed by atoms with Gasteiger partial charge in [0, 0.05) is 16.8 Å². The van der Waals surface area contributed by atoms with Gasteiger partial charge in [-0.25, -0.2) is 4.79 Å². The maximum Gasteiger partial charge on any atom is 0.338 e. The zero-order valence-corrected chi connectivity index (χ0v) is 10.7. The molecule has 94 valence electrons. The van der Waals surface area contributed by atoms with Crippen LogP contribution in [-0.4, -0.2) is 17.6 Å². The van der Waals surface area contributed by atoms with Crippen LogP contribution in [0, 0.1) is 13.8 Å². The quantitative estimate of drug-likeness (QED) is 0.826. The van der Waals surface area contributed by atoms with Crippen LogP contribution < -0.4 is 5.43 Å². The number of H-pyrrole nitrogens is 1. The van der Waals surface area contributed by atoms with Crippen LogP contribution in [0.3, 0.4) is 0 Å². The Hall–Kier alpha value is -2.10. The number of carbonyl (C=O) groups excluding carboxylic acids is 1. The van der Waals surface area contributed by atoms with E-state index in [0.717, 1.165) is 11.4 Å². The number of esters is 1. The lowest BCUT2D eigenvalue weighted by Gasteiger charge is -2.01. The van der Waals surface area contributed by atoms with E-state index in [9.17, 15) is 9.59 Å². The predicted octanol–water partition coefficient (Wildman–Crippen LogP) is 2.32. The Morgan fingerprint density at radius 3 is 2.56 bits per heavy atom. The van der Waals surface area contributed by atoms with Gasteiger partial charge in [-0.2, -0.15) is 0 Å². The van der Waals surface area contributed by atoms with Crippen LogP contribution in [0.1, 0.15) is 28.7 Å². The fourth-order valence-corrected chi connectivity index (χ4v) is 2.20. The fourth-order valence-electron chi connectivity index (χ4n) is 2.20. The van der Waals surface area contributed by atoms with Crippen LogP contribution in [0.4, 0.5) is 0 Å². The maximum absolute atomic E-state index is 12.0. The van der Waals surface area contributed by atoms with E-state index in [1.807, 2.05) is 13.8 Å². The lowest BCUT2D eigenvalue weighted by atomic mass is 10.1. The molecular weight excluding hydrogens is 230 g/mol. The van der Waals surface area contributed by atoms with Gasteiger partial charge in [-0.1, -0.05) is 6.07 Å². The van der Waals surface area contributed by atoms with Gasteiger partial charge in [-0.15, -0.1) is 0 Å². The lowest BCUT2D eigenvalue weighted by Crippen LogP contribution is -2.05. The van der Waals surface area contributed by atoms with E-state index in [0.29, 0.717) is 22.9 Å². The smallest absolute Gasteiger partial charge is 0.338 e. The minimum atomic E-state index is -0.403. The number of rotatable bonds is 2. The molecule has 0 amide bonds. The van der Waals surface area contributed by atoms with Crippen LogP contribution in [0.15, 0.2) is 23.0 Å². The average Bonchev–Trinajstić information content (AvgIpc) is 2.50. The Bertz CT molecular complexity index is 671. The minimum Gasteiger partial charge on any atom is -0.462 e. The Morgan fingerprint density at radius 2 is 1.89 bits per heavy atom. The van der Waals surface area contributed by atoms with Gasteiger partial charge < -0.3 is 9.72 Å². The molecule has 1 aromatic heterocycles. The number of hydrogen-bond donors (Lipinski definition) is 1. The summed E-state index contributed by atoms with van der Waals surface area (Å²) in [7, 11) is 0. The molecule has 1 aromatic carbocycles. The van der Waals surface area contributed by atoms with Crippen LogP contribution in [-0.2, 0) is 4.74 Å². The second-order valence-electron chi connectivity index (χ2n) is 4.15. The highest BCUT2D eigenvalue weighted by Gasteiger charge is 2.16. The topological polar surface area (TPSA) is 59.2 Å². The number of nitrogens with one attached hydrogen (secondary N) is 1.